The molecule has 1 unspecified atom stereocenters. The van der Waals surface area contributed by atoms with Gasteiger partial charge < -0.3 is 10.6 Å². The van der Waals surface area contributed by atoms with Crippen molar-refractivity contribution in [2.45, 2.75) is 19.8 Å². The molecule has 1 aromatic rings. The van der Waals surface area contributed by atoms with E-state index in [-0.39, 0.29) is 24.0 Å². The van der Waals surface area contributed by atoms with Gasteiger partial charge in [-0.15, -0.1) is 12.4 Å². The highest BCUT2D eigenvalue weighted by molar-refractivity contribution is 5.92. The van der Waals surface area contributed by atoms with Gasteiger partial charge in [0.25, 0.3) is 5.69 Å². The summed E-state index contributed by atoms with van der Waals surface area (Å²) in [5, 5.41) is 16.7. The number of nitro benzene ring substituents is 1. The third-order valence-electron chi connectivity index (χ3n) is 3.34. The average Bonchev–Trinajstić information content (AvgIpc) is 2.84. The van der Waals surface area contributed by atoms with Crippen molar-refractivity contribution in [2.75, 3.05) is 18.4 Å². The average molecular weight is 300 g/mol. The number of rotatable bonds is 4. The maximum absolute atomic E-state index is 11.9. The molecule has 1 fully saturated rings. The molecular formula is C13H18ClN3O3. The van der Waals surface area contributed by atoms with Crippen LogP contribution in [0.3, 0.4) is 0 Å². The van der Waals surface area contributed by atoms with Crippen molar-refractivity contribution in [3.63, 3.8) is 0 Å². The van der Waals surface area contributed by atoms with Gasteiger partial charge in [0.1, 0.15) is 0 Å². The highest BCUT2D eigenvalue weighted by Crippen LogP contribution is 2.22. The first-order valence-corrected chi connectivity index (χ1v) is 6.32. The highest BCUT2D eigenvalue weighted by atomic mass is 35.5. The van der Waals surface area contributed by atoms with E-state index in [0.29, 0.717) is 18.0 Å². The van der Waals surface area contributed by atoms with Crippen LogP contribution in [0.15, 0.2) is 18.2 Å². The molecule has 0 radical (unpaired) electrons. The molecule has 0 spiro atoms. The first-order chi connectivity index (χ1) is 9.06. The van der Waals surface area contributed by atoms with Gasteiger partial charge in [-0.3, -0.25) is 14.9 Å². The lowest BCUT2D eigenvalue weighted by Crippen LogP contribution is -2.18. The van der Waals surface area contributed by atoms with Crippen molar-refractivity contribution >= 4 is 29.7 Å². The Hall–Kier alpha value is -1.66. The third-order valence-corrected chi connectivity index (χ3v) is 3.34. The number of nitrogens with zero attached hydrogens (tertiary/aromatic N) is 1. The second kappa shape index (κ2) is 7.21. The van der Waals surface area contributed by atoms with Crippen LogP contribution < -0.4 is 10.6 Å². The van der Waals surface area contributed by atoms with E-state index in [9.17, 15) is 14.9 Å². The molecule has 20 heavy (non-hydrogen) atoms. The van der Waals surface area contributed by atoms with E-state index in [1.807, 2.05) is 6.92 Å². The summed E-state index contributed by atoms with van der Waals surface area (Å²) in [5.41, 5.74) is 1.33. The predicted molar refractivity (Wildman–Crippen MR) is 79.3 cm³/mol. The molecule has 1 amide bonds. The Morgan fingerprint density at radius 2 is 2.30 bits per heavy atom. The number of carbonyl (C=O) groups excluding carboxylic acids is 1. The summed E-state index contributed by atoms with van der Waals surface area (Å²) in [5.74, 6) is 0.274. The lowest BCUT2D eigenvalue weighted by molar-refractivity contribution is -0.384. The van der Waals surface area contributed by atoms with Crippen LogP contribution in [0.2, 0.25) is 0 Å². The predicted octanol–water partition coefficient (Wildman–Crippen LogP) is 2.26. The second-order valence-corrected chi connectivity index (χ2v) is 4.87. The van der Waals surface area contributed by atoms with Crippen LogP contribution >= 0.6 is 12.4 Å². The number of hydrogen-bond acceptors (Lipinski definition) is 4. The van der Waals surface area contributed by atoms with Crippen LogP contribution in [-0.2, 0) is 4.79 Å². The zero-order chi connectivity index (χ0) is 13.8. The van der Waals surface area contributed by atoms with Crippen molar-refractivity contribution in [1.82, 2.24) is 5.32 Å². The zero-order valence-corrected chi connectivity index (χ0v) is 12.0. The lowest BCUT2D eigenvalue weighted by atomic mass is 10.0. The van der Waals surface area contributed by atoms with Crippen LogP contribution in [0.1, 0.15) is 18.4 Å². The van der Waals surface area contributed by atoms with Gasteiger partial charge in [-0.1, -0.05) is 6.07 Å². The van der Waals surface area contributed by atoms with Gasteiger partial charge in [0.15, 0.2) is 0 Å². The summed E-state index contributed by atoms with van der Waals surface area (Å²) >= 11 is 0. The molecule has 2 N–H and O–H groups in total. The SMILES string of the molecule is Cc1ccc([N+](=O)[O-])cc1NC(=O)CC1CCNC1.Cl. The number of benzene rings is 1. The fourth-order valence-corrected chi connectivity index (χ4v) is 2.21. The summed E-state index contributed by atoms with van der Waals surface area (Å²) in [6, 6.07) is 4.48. The molecular weight excluding hydrogens is 282 g/mol. The molecule has 0 bridgehead atoms. The molecule has 1 heterocycles. The Bertz CT molecular complexity index is 502. The number of nitro groups is 1. The van der Waals surface area contributed by atoms with Crippen LogP contribution in [0.4, 0.5) is 11.4 Å². The Balaban J connectivity index is 0.00000200. The Kier molecular flexibility index (Phi) is 5.91. The number of nitrogens with one attached hydrogen (secondary N) is 2. The highest BCUT2D eigenvalue weighted by Gasteiger charge is 2.19. The number of carbonyl (C=O) groups is 1. The van der Waals surface area contributed by atoms with Crippen molar-refractivity contribution in [2.24, 2.45) is 5.92 Å². The number of amides is 1. The van der Waals surface area contributed by atoms with E-state index < -0.39 is 4.92 Å². The molecule has 0 aromatic heterocycles. The molecule has 7 heteroatoms. The monoisotopic (exact) mass is 299 g/mol. The Morgan fingerprint density at radius 1 is 1.55 bits per heavy atom. The van der Waals surface area contributed by atoms with E-state index in [1.165, 1.54) is 12.1 Å². The number of non-ortho nitro benzene ring substituents is 1. The second-order valence-electron chi connectivity index (χ2n) is 4.87. The number of halogens is 1. The van der Waals surface area contributed by atoms with E-state index in [1.54, 1.807) is 6.07 Å². The van der Waals surface area contributed by atoms with Gasteiger partial charge in [0, 0.05) is 18.6 Å². The Morgan fingerprint density at radius 3 is 2.90 bits per heavy atom. The minimum Gasteiger partial charge on any atom is -0.326 e. The smallest absolute Gasteiger partial charge is 0.271 e. The topological polar surface area (TPSA) is 84.3 Å². The molecule has 1 saturated heterocycles. The molecule has 6 nitrogen and oxygen atoms in total. The van der Waals surface area contributed by atoms with Crippen LogP contribution in [0.5, 0.6) is 0 Å². The number of anilines is 1. The fraction of sp³-hybridized carbons (Fsp3) is 0.462. The van der Waals surface area contributed by atoms with Crippen LogP contribution in [-0.4, -0.2) is 23.9 Å². The first kappa shape index (κ1) is 16.4. The maximum atomic E-state index is 11.9. The van der Waals surface area contributed by atoms with Gasteiger partial charge in [-0.25, -0.2) is 0 Å². The maximum Gasteiger partial charge on any atom is 0.271 e. The van der Waals surface area contributed by atoms with Crippen LogP contribution in [0, 0.1) is 23.0 Å². The normalized spacial score (nSPS) is 17.4. The lowest BCUT2D eigenvalue weighted by Gasteiger charge is -2.11. The van der Waals surface area contributed by atoms with E-state index in [0.717, 1.165) is 25.1 Å². The standard InChI is InChI=1S/C13H17N3O3.ClH/c1-9-2-3-11(16(18)19)7-12(9)15-13(17)6-10-4-5-14-8-10;/h2-3,7,10,14H,4-6,8H2,1H3,(H,15,17);1H. The molecule has 2 rings (SSSR count). The van der Waals surface area contributed by atoms with Crippen molar-refractivity contribution in [1.29, 1.82) is 0 Å². The number of aryl methyl sites for hydroxylation is 1. The minimum atomic E-state index is -0.462. The van der Waals surface area contributed by atoms with E-state index >= 15 is 0 Å². The molecule has 0 saturated carbocycles. The number of hydrogen-bond donors (Lipinski definition) is 2. The van der Waals surface area contributed by atoms with Gasteiger partial charge >= 0.3 is 0 Å². The summed E-state index contributed by atoms with van der Waals surface area (Å²) in [6.45, 7) is 3.63. The van der Waals surface area contributed by atoms with Gasteiger partial charge in [-0.05, 0) is 37.9 Å². The Labute approximate surface area is 123 Å². The van der Waals surface area contributed by atoms with Crippen molar-refractivity contribution in [3.8, 4) is 0 Å². The fourth-order valence-electron chi connectivity index (χ4n) is 2.21. The largest absolute Gasteiger partial charge is 0.326 e. The summed E-state index contributed by atoms with van der Waals surface area (Å²) < 4.78 is 0. The van der Waals surface area contributed by atoms with Crippen LogP contribution in [0.25, 0.3) is 0 Å². The molecule has 1 aliphatic heterocycles. The molecule has 110 valence electrons. The minimum absolute atomic E-state index is 0. The molecule has 1 aromatic carbocycles. The quantitative estimate of drug-likeness (QED) is 0.660. The van der Waals surface area contributed by atoms with Crippen molar-refractivity contribution < 1.29 is 9.72 Å². The summed E-state index contributed by atoms with van der Waals surface area (Å²) in [7, 11) is 0. The molecule has 0 aliphatic carbocycles. The van der Waals surface area contributed by atoms with Gasteiger partial charge in [0.2, 0.25) is 5.91 Å². The summed E-state index contributed by atoms with van der Waals surface area (Å²) in [4.78, 5) is 22.1. The van der Waals surface area contributed by atoms with E-state index in [4.69, 9.17) is 0 Å². The van der Waals surface area contributed by atoms with Gasteiger partial charge in [-0.2, -0.15) is 0 Å². The van der Waals surface area contributed by atoms with Gasteiger partial charge in [0.05, 0.1) is 10.6 Å². The zero-order valence-electron chi connectivity index (χ0n) is 11.2. The van der Waals surface area contributed by atoms with Crippen molar-refractivity contribution in [3.05, 3.63) is 33.9 Å². The molecule has 1 aliphatic rings. The third kappa shape index (κ3) is 4.18. The van der Waals surface area contributed by atoms with E-state index in [2.05, 4.69) is 10.6 Å². The first-order valence-electron chi connectivity index (χ1n) is 6.32. The summed E-state index contributed by atoms with van der Waals surface area (Å²) in [6.07, 6.45) is 1.45. The molecule has 1 atom stereocenters.